The van der Waals surface area contributed by atoms with Gasteiger partial charge in [-0.25, -0.2) is 0 Å². The Labute approximate surface area is 296 Å². The molecule has 0 heterocycles. The lowest BCUT2D eigenvalue weighted by atomic mass is 9.85. The van der Waals surface area contributed by atoms with E-state index >= 15 is 0 Å². The van der Waals surface area contributed by atoms with Crippen molar-refractivity contribution in [3.05, 3.63) is 179 Å². The Kier molecular flexibility index (Phi) is 7.22. The van der Waals surface area contributed by atoms with Crippen LogP contribution >= 0.6 is 31.9 Å². The molecule has 226 valence electrons. The van der Waals surface area contributed by atoms with Gasteiger partial charge in [0.15, 0.2) is 0 Å². The van der Waals surface area contributed by atoms with Crippen LogP contribution in [-0.2, 0) is 0 Å². The van der Waals surface area contributed by atoms with Gasteiger partial charge in [-0.1, -0.05) is 152 Å². The number of halogens is 2. The summed E-state index contributed by atoms with van der Waals surface area (Å²) in [6.07, 6.45) is 0. The SMILES string of the molecule is Brc1c(-c2ccccc2)c(-c2ccccc2)c(Br)c2c3cc(-c4ccc5ccccc5c4)ccc3c3ccc(-c4ccccc4)cc3c12. The molecule has 0 saturated heterocycles. The molecule has 0 aliphatic heterocycles. The minimum atomic E-state index is 1.10. The molecule has 0 saturated carbocycles. The summed E-state index contributed by atoms with van der Waals surface area (Å²) in [6, 6.07) is 61.4. The fraction of sp³-hybridized carbons (Fsp3) is 0. The van der Waals surface area contributed by atoms with E-state index < -0.39 is 0 Å². The third kappa shape index (κ3) is 4.79. The maximum absolute atomic E-state index is 4.26. The van der Waals surface area contributed by atoms with Gasteiger partial charge in [0.2, 0.25) is 0 Å². The van der Waals surface area contributed by atoms with E-state index in [9.17, 15) is 0 Å². The van der Waals surface area contributed by atoms with Crippen molar-refractivity contribution < 1.29 is 0 Å². The summed E-state index contributed by atoms with van der Waals surface area (Å²) in [5, 5.41) is 9.82. The molecular formula is C46H28Br2. The van der Waals surface area contributed by atoms with Crippen LogP contribution in [0.25, 0.3) is 87.6 Å². The van der Waals surface area contributed by atoms with Crippen LogP contribution < -0.4 is 0 Å². The van der Waals surface area contributed by atoms with Crippen LogP contribution in [0.4, 0.5) is 0 Å². The molecule has 2 heteroatoms. The number of hydrogen-bond donors (Lipinski definition) is 0. The summed E-state index contributed by atoms with van der Waals surface area (Å²) in [6.45, 7) is 0. The van der Waals surface area contributed by atoms with E-state index in [4.69, 9.17) is 0 Å². The molecule has 48 heavy (non-hydrogen) atoms. The van der Waals surface area contributed by atoms with Crippen molar-refractivity contribution >= 4 is 74.9 Å². The van der Waals surface area contributed by atoms with E-state index in [1.54, 1.807) is 0 Å². The van der Waals surface area contributed by atoms with Crippen LogP contribution in [0.15, 0.2) is 179 Å². The average Bonchev–Trinajstić information content (AvgIpc) is 3.16. The van der Waals surface area contributed by atoms with Gasteiger partial charge in [0.25, 0.3) is 0 Å². The highest BCUT2D eigenvalue weighted by Crippen LogP contribution is 2.52. The molecule has 0 amide bonds. The van der Waals surface area contributed by atoms with Gasteiger partial charge in [0.1, 0.15) is 0 Å². The van der Waals surface area contributed by atoms with Gasteiger partial charge >= 0.3 is 0 Å². The zero-order valence-electron chi connectivity index (χ0n) is 25.9. The second-order valence-electron chi connectivity index (χ2n) is 12.3. The molecule has 0 nitrogen and oxygen atoms in total. The monoisotopic (exact) mass is 738 g/mol. The number of fused-ring (bicyclic) bond motifs is 7. The summed E-state index contributed by atoms with van der Waals surface area (Å²) in [5.41, 5.74) is 9.52. The fourth-order valence-corrected chi connectivity index (χ4v) is 8.96. The maximum Gasteiger partial charge on any atom is 0.0345 e. The van der Waals surface area contributed by atoms with Gasteiger partial charge in [-0.15, -0.1) is 0 Å². The third-order valence-electron chi connectivity index (χ3n) is 9.56. The van der Waals surface area contributed by atoms with Crippen molar-refractivity contribution in [1.29, 1.82) is 0 Å². The summed E-state index contributed by atoms with van der Waals surface area (Å²) in [5.74, 6) is 0. The molecule has 0 radical (unpaired) electrons. The molecule has 9 aromatic carbocycles. The van der Waals surface area contributed by atoms with Crippen LogP contribution in [0.5, 0.6) is 0 Å². The molecule has 9 aromatic rings. The average molecular weight is 741 g/mol. The summed E-state index contributed by atoms with van der Waals surface area (Å²) in [4.78, 5) is 0. The zero-order valence-corrected chi connectivity index (χ0v) is 29.1. The molecule has 0 atom stereocenters. The lowest BCUT2D eigenvalue weighted by Gasteiger charge is -2.22. The van der Waals surface area contributed by atoms with E-state index in [0.717, 1.165) is 8.95 Å². The van der Waals surface area contributed by atoms with Gasteiger partial charge < -0.3 is 0 Å². The predicted molar refractivity (Wildman–Crippen MR) is 214 cm³/mol. The Balaban J connectivity index is 1.46. The maximum atomic E-state index is 4.26. The van der Waals surface area contributed by atoms with Crippen molar-refractivity contribution in [2.45, 2.75) is 0 Å². The van der Waals surface area contributed by atoms with E-state index in [1.165, 1.54) is 87.6 Å². The van der Waals surface area contributed by atoms with Crippen LogP contribution in [0.2, 0.25) is 0 Å². The first-order valence-electron chi connectivity index (χ1n) is 16.2. The summed E-state index contributed by atoms with van der Waals surface area (Å²) in [7, 11) is 0. The lowest BCUT2D eigenvalue weighted by molar-refractivity contribution is 1.57. The first-order chi connectivity index (χ1) is 23.7. The highest BCUT2D eigenvalue weighted by molar-refractivity contribution is 9.11. The van der Waals surface area contributed by atoms with Gasteiger partial charge in [-0.3, -0.25) is 0 Å². The first kappa shape index (κ1) is 29.1. The second-order valence-corrected chi connectivity index (χ2v) is 13.9. The van der Waals surface area contributed by atoms with Gasteiger partial charge in [0.05, 0.1) is 0 Å². The highest BCUT2D eigenvalue weighted by atomic mass is 79.9. The second kappa shape index (κ2) is 11.9. The van der Waals surface area contributed by atoms with Crippen LogP contribution in [-0.4, -0.2) is 0 Å². The third-order valence-corrected chi connectivity index (χ3v) is 11.1. The van der Waals surface area contributed by atoms with Gasteiger partial charge in [0, 0.05) is 30.8 Å². The molecule has 9 rings (SSSR count). The van der Waals surface area contributed by atoms with E-state index in [-0.39, 0.29) is 0 Å². The quantitative estimate of drug-likeness (QED) is 0.158. The van der Waals surface area contributed by atoms with Gasteiger partial charge in [-0.05, 0) is 116 Å². The molecule has 0 fully saturated rings. The molecule has 0 N–H and O–H groups in total. The van der Waals surface area contributed by atoms with Crippen LogP contribution in [0.3, 0.4) is 0 Å². The van der Waals surface area contributed by atoms with Crippen molar-refractivity contribution in [1.82, 2.24) is 0 Å². The van der Waals surface area contributed by atoms with E-state index in [0.29, 0.717) is 0 Å². The van der Waals surface area contributed by atoms with Crippen LogP contribution in [0, 0.1) is 0 Å². The Hall–Kier alpha value is -5.02. The molecule has 0 aliphatic rings. The predicted octanol–water partition coefficient (Wildman–Crippen LogP) is 14.5. The molecule has 0 bridgehead atoms. The smallest absolute Gasteiger partial charge is 0.0345 e. The fourth-order valence-electron chi connectivity index (χ4n) is 7.28. The number of hydrogen-bond acceptors (Lipinski definition) is 0. The highest BCUT2D eigenvalue weighted by Gasteiger charge is 2.24. The Morgan fingerprint density at radius 3 is 1.19 bits per heavy atom. The Morgan fingerprint density at radius 2 is 0.667 bits per heavy atom. The van der Waals surface area contributed by atoms with Crippen molar-refractivity contribution in [3.8, 4) is 44.5 Å². The first-order valence-corrected chi connectivity index (χ1v) is 17.7. The molecule has 0 spiro atoms. The largest absolute Gasteiger partial charge is 0.0622 e. The standard InChI is InChI=1S/C46H28Br2/c47-45-41(31-15-6-2-7-16-31)42(32-17-8-3-9-18-32)46(48)44-40-28-36(34-21-20-30-14-10-11-19-33(30)26-34)23-25-38(40)37-24-22-35(27-39(37)43(44)45)29-12-4-1-5-13-29/h1-28H. The van der Waals surface area contributed by atoms with Crippen molar-refractivity contribution in [2.75, 3.05) is 0 Å². The molecule has 0 unspecified atom stereocenters. The number of rotatable bonds is 4. The zero-order chi connectivity index (χ0) is 32.2. The minimum absolute atomic E-state index is 1.10. The van der Waals surface area contributed by atoms with E-state index in [2.05, 4.69) is 202 Å². The molecular weight excluding hydrogens is 712 g/mol. The normalized spacial score (nSPS) is 11.5. The van der Waals surface area contributed by atoms with Gasteiger partial charge in [-0.2, -0.15) is 0 Å². The Bertz CT molecular complexity index is 2660. The van der Waals surface area contributed by atoms with Crippen molar-refractivity contribution in [3.63, 3.8) is 0 Å². The lowest BCUT2D eigenvalue weighted by Crippen LogP contribution is -1.95. The summed E-state index contributed by atoms with van der Waals surface area (Å²) < 4.78 is 2.19. The molecule has 0 aliphatic carbocycles. The topological polar surface area (TPSA) is 0 Å². The number of benzene rings is 9. The minimum Gasteiger partial charge on any atom is -0.0622 e. The molecule has 0 aromatic heterocycles. The summed E-state index contributed by atoms with van der Waals surface area (Å²) >= 11 is 8.52. The van der Waals surface area contributed by atoms with E-state index in [1.807, 2.05) is 0 Å². The Morgan fingerprint density at radius 1 is 0.271 bits per heavy atom. The van der Waals surface area contributed by atoms with Crippen molar-refractivity contribution in [2.24, 2.45) is 0 Å². The van der Waals surface area contributed by atoms with Crippen LogP contribution in [0.1, 0.15) is 0 Å².